The van der Waals surface area contributed by atoms with Crippen molar-refractivity contribution in [3.8, 4) is 0 Å². The molecule has 1 unspecified atom stereocenters. The Hall–Kier alpha value is -1.88. The van der Waals surface area contributed by atoms with Crippen molar-refractivity contribution in [3.63, 3.8) is 0 Å². The second-order valence-electron chi connectivity index (χ2n) is 9.04. The van der Waals surface area contributed by atoms with Crippen molar-refractivity contribution < 1.29 is 14.3 Å². The topological polar surface area (TPSA) is 55.4 Å². The Morgan fingerprint density at radius 1 is 1.24 bits per heavy atom. The number of carbonyl (C=O) groups is 2. The maximum Gasteiger partial charge on any atom is 0.336 e. The molecule has 29 heavy (non-hydrogen) atoms. The van der Waals surface area contributed by atoms with Crippen molar-refractivity contribution in [1.82, 2.24) is 5.32 Å². The molecule has 0 radical (unpaired) electrons. The van der Waals surface area contributed by atoms with Gasteiger partial charge in [0.25, 0.3) is 0 Å². The number of methoxy groups -OCH3 is 1. The number of ether oxygens (including phenoxy) is 1. The van der Waals surface area contributed by atoms with Gasteiger partial charge in [-0.1, -0.05) is 40.0 Å². The van der Waals surface area contributed by atoms with Gasteiger partial charge in [0.15, 0.2) is 5.78 Å². The average molecular weight is 416 g/mol. The Labute approximate surface area is 178 Å². The lowest BCUT2D eigenvalue weighted by Gasteiger charge is -2.39. The first kappa shape index (κ1) is 21.8. The lowest BCUT2D eigenvalue weighted by molar-refractivity contribution is -0.136. The number of aryl methyl sites for hydroxylation is 1. The molecule has 0 aromatic carbocycles. The van der Waals surface area contributed by atoms with E-state index in [1.54, 1.807) is 11.3 Å². The zero-order valence-corrected chi connectivity index (χ0v) is 19.1. The van der Waals surface area contributed by atoms with Gasteiger partial charge in [-0.05, 0) is 43.7 Å². The minimum atomic E-state index is -0.359. The molecule has 2 aliphatic rings. The highest BCUT2D eigenvalue weighted by atomic mass is 32.1. The first-order chi connectivity index (χ1) is 13.8. The van der Waals surface area contributed by atoms with Gasteiger partial charge >= 0.3 is 5.97 Å². The molecule has 1 aromatic heterocycles. The molecule has 1 aromatic rings. The van der Waals surface area contributed by atoms with Crippen LogP contribution in [0.15, 0.2) is 34.7 Å². The number of hydrogen-bond donors (Lipinski definition) is 1. The molecule has 1 atom stereocenters. The Morgan fingerprint density at radius 3 is 2.69 bits per heavy atom. The third-order valence-electron chi connectivity index (χ3n) is 5.89. The number of rotatable bonds is 7. The molecule has 3 rings (SSSR count). The second kappa shape index (κ2) is 8.86. The third-order valence-corrected chi connectivity index (χ3v) is 7.10. The van der Waals surface area contributed by atoms with E-state index < -0.39 is 0 Å². The number of hydrogen-bond acceptors (Lipinski definition) is 5. The lowest BCUT2D eigenvalue weighted by Crippen LogP contribution is -2.38. The molecule has 2 heterocycles. The van der Waals surface area contributed by atoms with Crippen LogP contribution in [-0.2, 0) is 20.7 Å². The summed E-state index contributed by atoms with van der Waals surface area (Å²) in [5.74, 6) is -0.542. The van der Waals surface area contributed by atoms with Gasteiger partial charge in [0.05, 0.1) is 18.6 Å². The van der Waals surface area contributed by atoms with Gasteiger partial charge in [-0.2, -0.15) is 0 Å². The number of esters is 1. The summed E-state index contributed by atoms with van der Waals surface area (Å²) in [7, 11) is 1.41. The maximum atomic E-state index is 13.2. The van der Waals surface area contributed by atoms with Gasteiger partial charge < -0.3 is 10.1 Å². The van der Waals surface area contributed by atoms with Crippen LogP contribution in [0, 0.1) is 5.41 Å². The Kier molecular flexibility index (Phi) is 6.67. The van der Waals surface area contributed by atoms with Crippen molar-refractivity contribution in [2.24, 2.45) is 5.41 Å². The highest BCUT2D eigenvalue weighted by molar-refractivity contribution is 7.12. The SMILES string of the molecule is CCCCCCc1ccc(C2C(C(=O)OC)=C(C)NC3=C2C(=O)CC(C)(C)C3)s1. The molecule has 0 fully saturated rings. The van der Waals surface area contributed by atoms with Crippen molar-refractivity contribution in [1.29, 1.82) is 0 Å². The standard InChI is InChI=1S/C24H33NO3S/c1-6-7-8-9-10-16-11-12-19(29-16)22-20(23(27)28-5)15(2)25-17-13-24(3,4)14-18(26)21(17)22/h11-12,22,25H,6-10,13-14H2,1-5H3. The zero-order valence-electron chi connectivity index (χ0n) is 18.3. The van der Waals surface area contributed by atoms with Gasteiger partial charge in [0, 0.05) is 33.1 Å². The molecular weight excluding hydrogens is 382 g/mol. The van der Waals surface area contributed by atoms with E-state index in [1.807, 2.05) is 6.92 Å². The molecule has 158 valence electrons. The number of nitrogens with one attached hydrogen (secondary N) is 1. The number of thiophene rings is 1. The van der Waals surface area contributed by atoms with Gasteiger partial charge in [-0.25, -0.2) is 4.79 Å². The van der Waals surface area contributed by atoms with Crippen LogP contribution >= 0.6 is 11.3 Å². The second-order valence-corrected chi connectivity index (χ2v) is 10.2. The quantitative estimate of drug-likeness (QED) is 0.462. The van der Waals surface area contributed by atoms with E-state index in [1.165, 1.54) is 37.7 Å². The summed E-state index contributed by atoms with van der Waals surface area (Å²) in [6, 6.07) is 4.26. The Balaban J connectivity index is 1.98. The van der Waals surface area contributed by atoms with Gasteiger partial charge in [0.1, 0.15) is 0 Å². The van der Waals surface area contributed by atoms with E-state index in [0.29, 0.717) is 12.0 Å². The van der Waals surface area contributed by atoms with E-state index in [-0.39, 0.29) is 23.1 Å². The number of dihydropyridines is 1. The normalized spacial score (nSPS) is 21.1. The van der Waals surface area contributed by atoms with Crippen molar-refractivity contribution in [2.45, 2.75) is 78.6 Å². The largest absolute Gasteiger partial charge is 0.466 e. The fourth-order valence-corrected chi connectivity index (χ4v) is 5.69. The first-order valence-corrected chi connectivity index (χ1v) is 11.5. The van der Waals surface area contributed by atoms with E-state index in [4.69, 9.17) is 4.74 Å². The van der Waals surface area contributed by atoms with Crippen LogP contribution in [0.4, 0.5) is 0 Å². The van der Waals surface area contributed by atoms with Crippen LogP contribution in [0.5, 0.6) is 0 Å². The van der Waals surface area contributed by atoms with Crippen molar-refractivity contribution in [3.05, 3.63) is 44.4 Å². The molecule has 1 aliphatic heterocycles. The van der Waals surface area contributed by atoms with Gasteiger partial charge in [-0.15, -0.1) is 11.3 Å². The fraction of sp³-hybridized carbons (Fsp3) is 0.583. The summed E-state index contributed by atoms with van der Waals surface area (Å²) in [5, 5.41) is 3.37. The zero-order chi connectivity index (χ0) is 21.2. The Bertz CT molecular complexity index is 859. The highest BCUT2D eigenvalue weighted by Crippen LogP contribution is 2.48. The molecule has 1 aliphatic carbocycles. The summed E-state index contributed by atoms with van der Waals surface area (Å²) < 4.78 is 5.10. The van der Waals surface area contributed by atoms with E-state index in [9.17, 15) is 9.59 Å². The van der Waals surface area contributed by atoms with Crippen LogP contribution in [0.2, 0.25) is 0 Å². The lowest BCUT2D eigenvalue weighted by atomic mass is 9.70. The minimum absolute atomic E-state index is 0.0730. The van der Waals surface area contributed by atoms with Crippen molar-refractivity contribution >= 4 is 23.1 Å². The molecule has 0 saturated carbocycles. The maximum absolute atomic E-state index is 13.2. The summed E-state index contributed by atoms with van der Waals surface area (Å²) >= 11 is 1.73. The predicted octanol–water partition coefficient (Wildman–Crippen LogP) is 5.65. The smallest absolute Gasteiger partial charge is 0.336 e. The van der Waals surface area contributed by atoms with Crippen LogP contribution in [0.25, 0.3) is 0 Å². The number of Topliss-reactive ketones (excluding diaryl/α,β-unsaturated/α-hetero) is 1. The van der Waals surface area contributed by atoms with E-state index in [2.05, 4.69) is 38.2 Å². The monoisotopic (exact) mass is 415 g/mol. The highest BCUT2D eigenvalue weighted by Gasteiger charge is 2.43. The minimum Gasteiger partial charge on any atom is -0.466 e. The molecular formula is C24H33NO3S. The molecule has 0 saturated heterocycles. The molecule has 0 spiro atoms. The van der Waals surface area contributed by atoms with Crippen molar-refractivity contribution in [2.75, 3.05) is 7.11 Å². The third kappa shape index (κ3) is 4.66. The first-order valence-electron chi connectivity index (χ1n) is 10.7. The average Bonchev–Trinajstić information content (AvgIpc) is 3.11. The van der Waals surface area contributed by atoms with E-state index >= 15 is 0 Å². The van der Waals surface area contributed by atoms with Crippen LogP contribution in [0.1, 0.15) is 81.9 Å². The molecule has 5 heteroatoms. The van der Waals surface area contributed by atoms with Gasteiger partial charge in [-0.3, -0.25) is 4.79 Å². The van der Waals surface area contributed by atoms with Crippen LogP contribution in [0.3, 0.4) is 0 Å². The number of carbonyl (C=O) groups excluding carboxylic acids is 2. The predicted molar refractivity (Wildman–Crippen MR) is 118 cm³/mol. The molecule has 4 nitrogen and oxygen atoms in total. The van der Waals surface area contributed by atoms with E-state index in [0.717, 1.165) is 34.7 Å². The number of allylic oxidation sites excluding steroid dienone is 3. The summed E-state index contributed by atoms with van der Waals surface area (Å²) in [4.78, 5) is 28.2. The number of ketones is 1. The summed E-state index contributed by atoms with van der Waals surface area (Å²) in [6.45, 7) is 8.38. The summed E-state index contributed by atoms with van der Waals surface area (Å²) in [5.41, 5.74) is 3.02. The molecule has 0 bridgehead atoms. The Morgan fingerprint density at radius 2 is 2.00 bits per heavy atom. The van der Waals surface area contributed by atoms with Gasteiger partial charge in [0.2, 0.25) is 0 Å². The summed E-state index contributed by atoms with van der Waals surface area (Å²) in [6.07, 6.45) is 7.29. The van der Waals surface area contributed by atoms with Crippen LogP contribution < -0.4 is 5.32 Å². The number of unbranched alkanes of at least 4 members (excludes halogenated alkanes) is 3. The molecule has 1 N–H and O–H groups in total. The molecule has 0 amide bonds. The fourth-order valence-electron chi connectivity index (χ4n) is 4.51. The van der Waals surface area contributed by atoms with Crippen LogP contribution in [-0.4, -0.2) is 18.9 Å².